The molecule has 1 amide bonds. The van der Waals surface area contributed by atoms with Crippen molar-refractivity contribution in [1.29, 1.82) is 0 Å². The standard InChI is InChI=1S/C29H37N3O4.CH5N/c1-21(28(34)22-9-5-3-6-10-22)24-13-16-26(30-17-7-4-8-18-33)27(19-24)31-20-32-29(35)23-11-14-25(36-2)15-12-23;1-2/h11-16,18-22,30H,3-10,17H2,1-2H3,(H,31,32,35);2H2,1H3. The summed E-state index contributed by atoms with van der Waals surface area (Å²) in [5.41, 5.74) is 7.39. The number of aliphatic imine (C=N–C) groups is 1. The summed E-state index contributed by atoms with van der Waals surface area (Å²) in [6, 6.07) is 12.7. The third-order valence-corrected chi connectivity index (χ3v) is 6.77. The second kappa shape index (κ2) is 17.1. The van der Waals surface area contributed by atoms with Crippen LogP contribution in [0, 0.1) is 5.92 Å². The second-order valence-electron chi connectivity index (χ2n) is 9.28. The van der Waals surface area contributed by atoms with Crippen LogP contribution in [0.15, 0.2) is 47.5 Å². The lowest BCUT2D eigenvalue weighted by molar-refractivity contribution is -0.124. The highest BCUT2D eigenvalue weighted by Gasteiger charge is 2.26. The van der Waals surface area contributed by atoms with E-state index >= 15 is 0 Å². The molecule has 3 rings (SSSR count). The van der Waals surface area contributed by atoms with Gasteiger partial charge in [0.15, 0.2) is 0 Å². The summed E-state index contributed by atoms with van der Waals surface area (Å²) in [5.74, 6) is 0.629. The summed E-state index contributed by atoms with van der Waals surface area (Å²) < 4.78 is 5.13. The number of nitrogens with two attached hydrogens (primary N) is 1. The van der Waals surface area contributed by atoms with E-state index in [4.69, 9.17) is 4.74 Å². The molecule has 1 aliphatic rings. The fourth-order valence-corrected chi connectivity index (χ4v) is 4.54. The number of Topliss-reactive ketones (excluding diaryl/α,β-unsaturated/α-hetero) is 1. The first kappa shape index (κ1) is 30.7. The Labute approximate surface area is 226 Å². The van der Waals surface area contributed by atoms with Crippen molar-refractivity contribution in [1.82, 2.24) is 5.32 Å². The Kier molecular flexibility index (Phi) is 13.8. The van der Waals surface area contributed by atoms with Gasteiger partial charge in [-0.1, -0.05) is 32.3 Å². The fourth-order valence-electron chi connectivity index (χ4n) is 4.54. The summed E-state index contributed by atoms with van der Waals surface area (Å²) in [5, 5.41) is 6.09. The van der Waals surface area contributed by atoms with Crippen molar-refractivity contribution in [3.05, 3.63) is 53.6 Å². The Bertz CT molecular complexity index is 1050. The number of ether oxygens (including phenoxy) is 1. The lowest BCUT2D eigenvalue weighted by Gasteiger charge is -2.24. The molecule has 0 radical (unpaired) electrons. The number of amides is 1. The van der Waals surface area contributed by atoms with Crippen molar-refractivity contribution in [3.8, 4) is 5.75 Å². The van der Waals surface area contributed by atoms with Crippen LogP contribution in [0.25, 0.3) is 0 Å². The predicted octanol–water partition coefficient (Wildman–Crippen LogP) is 5.39. The summed E-state index contributed by atoms with van der Waals surface area (Å²) in [6.07, 6.45) is 9.96. The van der Waals surface area contributed by atoms with Crippen molar-refractivity contribution >= 4 is 35.7 Å². The van der Waals surface area contributed by atoms with Gasteiger partial charge in [-0.05, 0) is 74.7 Å². The molecule has 38 heavy (non-hydrogen) atoms. The average molecular weight is 523 g/mol. The highest BCUT2D eigenvalue weighted by molar-refractivity contribution is 6.01. The molecule has 8 heteroatoms. The zero-order valence-electron chi connectivity index (χ0n) is 22.9. The lowest BCUT2D eigenvalue weighted by Crippen LogP contribution is -2.22. The number of methoxy groups -OCH3 is 1. The molecule has 1 aliphatic carbocycles. The smallest absolute Gasteiger partial charge is 0.256 e. The SMILES string of the molecule is CN.COc1ccc(C(=O)NC=Nc2cc(C(C)C(=O)C3CCCCC3)ccc2NCCCCC=O)cc1. The van der Waals surface area contributed by atoms with E-state index in [-0.39, 0.29) is 17.7 Å². The van der Waals surface area contributed by atoms with Crippen LogP contribution >= 0.6 is 0 Å². The summed E-state index contributed by atoms with van der Waals surface area (Å²) in [4.78, 5) is 40.7. The van der Waals surface area contributed by atoms with Gasteiger partial charge in [-0.2, -0.15) is 0 Å². The number of aldehydes is 1. The lowest BCUT2D eigenvalue weighted by atomic mass is 9.80. The monoisotopic (exact) mass is 522 g/mol. The first-order valence-electron chi connectivity index (χ1n) is 13.4. The van der Waals surface area contributed by atoms with Crippen molar-refractivity contribution in [2.75, 3.05) is 26.0 Å². The minimum Gasteiger partial charge on any atom is -0.497 e. The number of rotatable bonds is 13. The molecular weight excluding hydrogens is 480 g/mol. The van der Waals surface area contributed by atoms with E-state index in [1.807, 2.05) is 25.1 Å². The van der Waals surface area contributed by atoms with Crippen molar-refractivity contribution < 1.29 is 19.1 Å². The maximum Gasteiger partial charge on any atom is 0.256 e. The van der Waals surface area contributed by atoms with E-state index in [1.54, 1.807) is 31.4 Å². The number of nitrogens with one attached hydrogen (secondary N) is 2. The number of unbranched alkanes of at least 4 members (excludes halogenated alkanes) is 2. The van der Waals surface area contributed by atoms with Crippen molar-refractivity contribution in [2.24, 2.45) is 16.6 Å². The summed E-state index contributed by atoms with van der Waals surface area (Å²) in [6.45, 7) is 2.67. The Morgan fingerprint density at radius 1 is 1.08 bits per heavy atom. The zero-order chi connectivity index (χ0) is 27.8. The molecule has 2 aromatic rings. The van der Waals surface area contributed by atoms with Gasteiger partial charge in [-0.3, -0.25) is 9.59 Å². The number of carbonyl (C=O) groups is 3. The van der Waals surface area contributed by atoms with Crippen LogP contribution in [0.4, 0.5) is 11.4 Å². The molecule has 1 unspecified atom stereocenters. The number of benzene rings is 2. The van der Waals surface area contributed by atoms with Gasteiger partial charge in [0.2, 0.25) is 0 Å². The molecule has 0 heterocycles. The van der Waals surface area contributed by atoms with E-state index in [0.717, 1.165) is 56.1 Å². The Hall–Kier alpha value is -3.52. The fraction of sp³-hybridized carbons (Fsp3) is 0.467. The molecule has 1 atom stereocenters. The molecule has 1 saturated carbocycles. The molecule has 0 aliphatic heterocycles. The van der Waals surface area contributed by atoms with Crippen LogP contribution in [0.1, 0.15) is 80.1 Å². The first-order chi connectivity index (χ1) is 18.5. The van der Waals surface area contributed by atoms with Gasteiger partial charge < -0.3 is 25.9 Å². The molecule has 0 saturated heterocycles. The molecule has 4 N–H and O–H groups in total. The van der Waals surface area contributed by atoms with Gasteiger partial charge >= 0.3 is 0 Å². The largest absolute Gasteiger partial charge is 0.497 e. The molecule has 0 aromatic heterocycles. The number of nitrogens with zero attached hydrogens (tertiary/aromatic N) is 1. The predicted molar refractivity (Wildman–Crippen MR) is 154 cm³/mol. The number of hydrogen-bond acceptors (Lipinski definition) is 7. The van der Waals surface area contributed by atoms with E-state index in [2.05, 4.69) is 21.4 Å². The number of ketones is 1. The van der Waals surface area contributed by atoms with Gasteiger partial charge in [0.1, 0.15) is 17.8 Å². The Morgan fingerprint density at radius 2 is 1.79 bits per heavy atom. The van der Waals surface area contributed by atoms with E-state index in [9.17, 15) is 14.4 Å². The van der Waals surface area contributed by atoms with Crippen LogP contribution < -0.4 is 21.1 Å². The third-order valence-electron chi connectivity index (χ3n) is 6.77. The van der Waals surface area contributed by atoms with Crippen LogP contribution in [-0.4, -0.2) is 45.0 Å². The zero-order valence-corrected chi connectivity index (χ0v) is 22.9. The molecular formula is C30H42N4O4. The van der Waals surface area contributed by atoms with Crippen LogP contribution in [0.3, 0.4) is 0 Å². The average Bonchev–Trinajstić information content (AvgIpc) is 2.98. The maximum atomic E-state index is 13.1. The summed E-state index contributed by atoms with van der Waals surface area (Å²) >= 11 is 0. The normalized spacial score (nSPS) is 14.2. The highest BCUT2D eigenvalue weighted by Crippen LogP contribution is 2.34. The van der Waals surface area contributed by atoms with Gasteiger partial charge in [0, 0.05) is 30.4 Å². The number of hydrogen-bond donors (Lipinski definition) is 3. The summed E-state index contributed by atoms with van der Waals surface area (Å²) in [7, 11) is 3.08. The Balaban J connectivity index is 0.00000247. The maximum absolute atomic E-state index is 13.1. The molecule has 1 fully saturated rings. The number of carbonyl (C=O) groups excluding carboxylic acids is 3. The van der Waals surface area contributed by atoms with E-state index < -0.39 is 0 Å². The first-order valence-corrected chi connectivity index (χ1v) is 13.4. The number of anilines is 1. The molecule has 0 spiro atoms. The highest BCUT2D eigenvalue weighted by atomic mass is 16.5. The Morgan fingerprint density at radius 3 is 2.45 bits per heavy atom. The minimum absolute atomic E-state index is 0.139. The molecule has 0 bridgehead atoms. The van der Waals surface area contributed by atoms with Crippen molar-refractivity contribution in [3.63, 3.8) is 0 Å². The minimum atomic E-state index is -0.276. The van der Waals surface area contributed by atoms with Gasteiger partial charge in [-0.15, -0.1) is 0 Å². The topological polar surface area (TPSA) is 123 Å². The van der Waals surface area contributed by atoms with E-state index in [1.165, 1.54) is 19.8 Å². The third kappa shape index (κ3) is 9.41. The molecule has 206 valence electrons. The van der Waals surface area contributed by atoms with Crippen LogP contribution in [0.2, 0.25) is 0 Å². The van der Waals surface area contributed by atoms with Crippen LogP contribution in [0.5, 0.6) is 5.75 Å². The van der Waals surface area contributed by atoms with Crippen molar-refractivity contribution in [2.45, 2.75) is 64.2 Å². The molecule has 8 nitrogen and oxygen atoms in total. The molecule has 2 aromatic carbocycles. The second-order valence-corrected chi connectivity index (χ2v) is 9.28. The van der Waals surface area contributed by atoms with Gasteiger partial charge in [0.25, 0.3) is 5.91 Å². The van der Waals surface area contributed by atoms with Gasteiger partial charge in [0.05, 0.1) is 24.8 Å². The van der Waals surface area contributed by atoms with Crippen LogP contribution in [-0.2, 0) is 9.59 Å². The van der Waals surface area contributed by atoms with Gasteiger partial charge in [-0.25, -0.2) is 4.99 Å². The quantitative estimate of drug-likeness (QED) is 0.140. The van der Waals surface area contributed by atoms with E-state index in [0.29, 0.717) is 35.7 Å².